The number of carbonyl (C=O) groups excluding carboxylic acids is 2. The fraction of sp³-hybridized carbons (Fsp3) is 0.579. The van der Waals surface area contributed by atoms with E-state index < -0.39 is 10.0 Å². The highest BCUT2D eigenvalue weighted by Crippen LogP contribution is 2.25. The number of rotatable bonds is 6. The van der Waals surface area contributed by atoms with Crippen molar-refractivity contribution in [3.05, 3.63) is 24.3 Å². The zero-order valence-electron chi connectivity index (χ0n) is 15.9. The summed E-state index contributed by atoms with van der Waals surface area (Å²) < 4.78 is 27.0. The molecule has 27 heavy (non-hydrogen) atoms. The van der Waals surface area contributed by atoms with E-state index in [-0.39, 0.29) is 22.6 Å². The Balaban J connectivity index is 1.69. The van der Waals surface area contributed by atoms with E-state index in [0.29, 0.717) is 39.0 Å². The van der Waals surface area contributed by atoms with E-state index in [4.69, 9.17) is 0 Å². The third kappa shape index (κ3) is 4.16. The molecule has 2 fully saturated rings. The van der Waals surface area contributed by atoms with Crippen LogP contribution in [-0.4, -0.2) is 62.7 Å². The van der Waals surface area contributed by atoms with Crippen LogP contribution in [-0.2, 0) is 19.6 Å². The Hall–Kier alpha value is -1.93. The van der Waals surface area contributed by atoms with E-state index in [1.165, 1.54) is 4.31 Å². The molecule has 0 spiro atoms. The zero-order valence-corrected chi connectivity index (χ0v) is 16.7. The number of likely N-dealkylation sites (tertiary alicyclic amines) is 1. The highest BCUT2D eigenvalue weighted by molar-refractivity contribution is 7.89. The van der Waals surface area contributed by atoms with Crippen molar-refractivity contribution in [3.8, 4) is 0 Å². The second kappa shape index (κ2) is 7.98. The van der Waals surface area contributed by atoms with Crippen LogP contribution >= 0.6 is 0 Å². The SMILES string of the molecule is CCN1CC(CN(C)S(=O)(=O)c2ccc(N3CCCCC3=O)cc2)CC1=O. The van der Waals surface area contributed by atoms with Gasteiger partial charge in [0.15, 0.2) is 0 Å². The summed E-state index contributed by atoms with van der Waals surface area (Å²) in [4.78, 5) is 27.6. The normalized spacial score (nSPS) is 21.4. The van der Waals surface area contributed by atoms with Crippen molar-refractivity contribution in [2.24, 2.45) is 5.92 Å². The van der Waals surface area contributed by atoms with Crippen LogP contribution in [0.25, 0.3) is 0 Å². The third-order valence-electron chi connectivity index (χ3n) is 5.37. The first-order valence-corrected chi connectivity index (χ1v) is 10.9. The standard InChI is InChI=1S/C19H27N3O4S/c1-3-21-14-15(12-19(21)24)13-20(2)27(25,26)17-9-7-16(8-10-17)22-11-5-4-6-18(22)23/h7-10,15H,3-6,11-14H2,1-2H3. The molecule has 1 atom stereocenters. The summed E-state index contributed by atoms with van der Waals surface area (Å²) in [5.74, 6) is 0.187. The van der Waals surface area contributed by atoms with E-state index in [9.17, 15) is 18.0 Å². The summed E-state index contributed by atoms with van der Waals surface area (Å²) in [7, 11) is -2.08. The molecule has 8 heteroatoms. The lowest BCUT2D eigenvalue weighted by molar-refractivity contribution is -0.127. The molecule has 0 radical (unpaired) electrons. The lowest BCUT2D eigenvalue weighted by atomic mass is 10.1. The summed E-state index contributed by atoms with van der Waals surface area (Å²) in [5.41, 5.74) is 0.737. The van der Waals surface area contributed by atoms with E-state index in [0.717, 1.165) is 18.5 Å². The van der Waals surface area contributed by atoms with Gasteiger partial charge in [0.25, 0.3) is 0 Å². The Morgan fingerprint density at radius 3 is 2.41 bits per heavy atom. The zero-order chi connectivity index (χ0) is 19.6. The molecular formula is C19H27N3O4S. The maximum Gasteiger partial charge on any atom is 0.242 e. The smallest absolute Gasteiger partial charge is 0.242 e. The summed E-state index contributed by atoms with van der Waals surface area (Å²) in [5, 5.41) is 0. The Morgan fingerprint density at radius 2 is 1.81 bits per heavy atom. The Labute approximate surface area is 161 Å². The first-order valence-electron chi connectivity index (χ1n) is 9.47. The van der Waals surface area contributed by atoms with Gasteiger partial charge in [-0.2, -0.15) is 0 Å². The van der Waals surface area contributed by atoms with Crippen LogP contribution in [0.5, 0.6) is 0 Å². The number of piperidine rings is 1. The van der Waals surface area contributed by atoms with Crippen LogP contribution in [0.1, 0.15) is 32.6 Å². The lowest BCUT2D eigenvalue weighted by Crippen LogP contribution is -2.35. The molecule has 0 aliphatic carbocycles. The summed E-state index contributed by atoms with van der Waals surface area (Å²) in [6.07, 6.45) is 2.80. The number of hydrogen-bond donors (Lipinski definition) is 0. The van der Waals surface area contributed by atoms with Gasteiger partial charge in [0.1, 0.15) is 0 Å². The first kappa shape index (κ1) is 19.8. The number of nitrogens with zero attached hydrogens (tertiary/aromatic N) is 3. The Bertz CT molecular complexity index is 807. The van der Waals surface area contributed by atoms with Gasteiger partial charge < -0.3 is 9.80 Å². The quantitative estimate of drug-likeness (QED) is 0.737. The van der Waals surface area contributed by atoms with Crippen LogP contribution in [0.3, 0.4) is 0 Å². The van der Waals surface area contributed by atoms with Gasteiger partial charge in [0, 0.05) is 51.8 Å². The van der Waals surface area contributed by atoms with Gasteiger partial charge >= 0.3 is 0 Å². The van der Waals surface area contributed by atoms with Crippen LogP contribution in [0.15, 0.2) is 29.2 Å². The van der Waals surface area contributed by atoms with Crippen molar-refractivity contribution in [1.29, 1.82) is 0 Å². The second-order valence-electron chi connectivity index (χ2n) is 7.28. The van der Waals surface area contributed by atoms with Crippen LogP contribution < -0.4 is 4.90 Å². The minimum Gasteiger partial charge on any atom is -0.343 e. The fourth-order valence-corrected chi connectivity index (χ4v) is 5.05. The van der Waals surface area contributed by atoms with Crippen LogP contribution in [0, 0.1) is 5.92 Å². The van der Waals surface area contributed by atoms with E-state index >= 15 is 0 Å². The largest absolute Gasteiger partial charge is 0.343 e. The highest BCUT2D eigenvalue weighted by atomic mass is 32.2. The molecule has 2 heterocycles. The number of sulfonamides is 1. The van der Waals surface area contributed by atoms with Gasteiger partial charge in [-0.1, -0.05) is 0 Å². The molecule has 148 valence electrons. The molecule has 0 saturated carbocycles. The van der Waals surface area contributed by atoms with Gasteiger partial charge in [-0.3, -0.25) is 9.59 Å². The predicted molar refractivity (Wildman–Crippen MR) is 103 cm³/mol. The summed E-state index contributed by atoms with van der Waals surface area (Å²) in [6, 6.07) is 6.51. The molecule has 1 aromatic carbocycles. The van der Waals surface area contributed by atoms with Crippen molar-refractivity contribution in [3.63, 3.8) is 0 Å². The van der Waals surface area contributed by atoms with E-state index in [2.05, 4.69) is 0 Å². The number of hydrogen-bond acceptors (Lipinski definition) is 4. The number of benzene rings is 1. The lowest BCUT2D eigenvalue weighted by Gasteiger charge is -2.27. The second-order valence-corrected chi connectivity index (χ2v) is 9.33. The van der Waals surface area contributed by atoms with Crippen molar-refractivity contribution in [1.82, 2.24) is 9.21 Å². The minimum absolute atomic E-state index is 0.0162. The molecule has 0 aromatic heterocycles. The summed E-state index contributed by atoms with van der Waals surface area (Å²) in [6.45, 7) is 4.18. The van der Waals surface area contributed by atoms with Gasteiger partial charge in [-0.05, 0) is 49.9 Å². The molecule has 0 bridgehead atoms. The van der Waals surface area contributed by atoms with Gasteiger partial charge in [-0.25, -0.2) is 12.7 Å². The topological polar surface area (TPSA) is 78.0 Å². The third-order valence-corrected chi connectivity index (χ3v) is 7.21. The molecule has 0 N–H and O–H groups in total. The molecule has 1 unspecified atom stereocenters. The first-order chi connectivity index (χ1) is 12.8. The molecule has 2 saturated heterocycles. The maximum absolute atomic E-state index is 12.9. The molecular weight excluding hydrogens is 366 g/mol. The van der Waals surface area contributed by atoms with Crippen molar-refractivity contribution < 1.29 is 18.0 Å². The molecule has 3 rings (SSSR count). The minimum atomic E-state index is -3.63. The maximum atomic E-state index is 12.9. The predicted octanol–water partition coefficient (Wildman–Crippen LogP) is 1.69. The highest BCUT2D eigenvalue weighted by Gasteiger charge is 2.32. The number of amides is 2. The average molecular weight is 394 g/mol. The number of carbonyl (C=O) groups is 2. The van der Waals surface area contributed by atoms with Crippen molar-refractivity contribution >= 4 is 27.5 Å². The molecule has 2 aliphatic rings. The van der Waals surface area contributed by atoms with Gasteiger partial charge in [0.2, 0.25) is 21.8 Å². The fourth-order valence-electron chi connectivity index (χ4n) is 3.80. The Morgan fingerprint density at radius 1 is 1.11 bits per heavy atom. The van der Waals surface area contributed by atoms with E-state index in [1.807, 2.05) is 6.92 Å². The summed E-state index contributed by atoms with van der Waals surface area (Å²) >= 11 is 0. The monoisotopic (exact) mass is 393 g/mol. The number of anilines is 1. The van der Waals surface area contributed by atoms with Gasteiger partial charge in [-0.15, -0.1) is 0 Å². The van der Waals surface area contributed by atoms with Crippen molar-refractivity contribution in [2.75, 3.05) is 38.1 Å². The molecule has 1 aromatic rings. The Kier molecular flexibility index (Phi) is 5.86. The molecule has 2 aliphatic heterocycles. The van der Waals surface area contributed by atoms with E-state index in [1.54, 1.807) is 41.1 Å². The molecule has 7 nitrogen and oxygen atoms in total. The van der Waals surface area contributed by atoms with Crippen molar-refractivity contribution in [2.45, 2.75) is 37.5 Å². The van der Waals surface area contributed by atoms with Crippen LogP contribution in [0.2, 0.25) is 0 Å². The van der Waals surface area contributed by atoms with Gasteiger partial charge in [0.05, 0.1) is 4.90 Å². The molecule has 2 amide bonds. The average Bonchev–Trinajstić information content (AvgIpc) is 3.01. The van der Waals surface area contributed by atoms with Crippen LogP contribution in [0.4, 0.5) is 5.69 Å².